The number of hydrogen-bond acceptors (Lipinski definition) is 0. The van der Waals surface area contributed by atoms with Crippen LogP contribution in [0.2, 0.25) is 6.04 Å². The third-order valence-corrected chi connectivity index (χ3v) is 3.95. The SMILES string of the molecule is CC(C[SiH3])CCC1=CCC1. The van der Waals surface area contributed by atoms with Crippen LogP contribution in [0.3, 0.4) is 0 Å². The highest BCUT2D eigenvalue weighted by Crippen LogP contribution is 2.24. The Hall–Kier alpha value is -0.0431. The summed E-state index contributed by atoms with van der Waals surface area (Å²) in [6.07, 6.45) is 7.98. The summed E-state index contributed by atoms with van der Waals surface area (Å²) < 4.78 is 0. The van der Waals surface area contributed by atoms with Crippen LogP contribution >= 0.6 is 0 Å². The monoisotopic (exact) mass is 154 g/mol. The maximum absolute atomic E-state index is 2.40. The van der Waals surface area contributed by atoms with Gasteiger partial charge in [-0.05, 0) is 31.6 Å². The van der Waals surface area contributed by atoms with E-state index in [1.165, 1.54) is 42.0 Å². The lowest BCUT2D eigenvalue weighted by atomic mass is 9.92. The first kappa shape index (κ1) is 8.06. The van der Waals surface area contributed by atoms with E-state index in [0.29, 0.717) is 0 Å². The van der Waals surface area contributed by atoms with E-state index in [2.05, 4.69) is 13.0 Å². The first-order valence-corrected chi connectivity index (χ1v) is 5.92. The largest absolute Gasteiger partial charge is 0.0850 e. The topological polar surface area (TPSA) is 0 Å². The standard InChI is InChI=1S/C9H18Si/c1-8(7-10)5-6-9-3-2-4-9/h3,8H,2,4-7H2,1,10H3. The van der Waals surface area contributed by atoms with Crippen molar-refractivity contribution in [2.45, 2.75) is 38.7 Å². The molecule has 58 valence electrons. The van der Waals surface area contributed by atoms with E-state index in [4.69, 9.17) is 0 Å². The molecule has 0 bridgehead atoms. The summed E-state index contributed by atoms with van der Waals surface area (Å²) in [5.74, 6) is 0.994. The van der Waals surface area contributed by atoms with E-state index in [-0.39, 0.29) is 0 Å². The van der Waals surface area contributed by atoms with Gasteiger partial charge in [0.1, 0.15) is 0 Å². The second kappa shape index (κ2) is 3.97. The molecule has 0 saturated carbocycles. The molecule has 0 aromatic heterocycles. The van der Waals surface area contributed by atoms with Crippen molar-refractivity contribution in [3.63, 3.8) is 0 Å². The van der Waals surface area contributed by atoms with Crippen molar-refractivity contribution >= 4 is 10.2 Å². The molecule has 0 N–H and O–H groups in total. The average molecular weight is 154 g/mol. The van der Waals surface area contributed by atoms with Crippen molar-refractivity contribution in [2.24, 2.45) is 5.92 Å². The molecule has 0 aliphatic heterocycles. The molecule has 10 heavy (non-hydrogen) atoms. The molecule has 1 aliphatic rings. The van der Waals surface area contributed by atoms with Gasteiger partial charge >= 0.3 is 0 Å². The van der Waals surface area contributed by atoms with Gasteiger partial charge in [-0.3, -0.25) is 0 Å². The zero-order valence-electron chi connectivity index (χ0n) is 7.19. The highest BCUT2D eigenvalue weighted by Gasteiger charge is 2.06. The van der Waals surface area contributed by atoms with Crippen molar-refractivity contribution < 1.29 is 0 Å². The Labute approximate surface area is 67.1 Å². The van der Waals surface area contributed by atoms with E-state index in [0.717, 1.165) is 5.92 Å². The van der Waals surface area contributed by atoms with Crippen LogP contribution in [0.1, 0.15) is 32.6 Å². The summed E-state index contributed by atoms with van der Waals surface area (Å²) in [7, 11) is 1.38. The average Bonchev–Trinajstić information content (AvgIpc) is 1.84. The second-order valence-corrected chi connectivity index (χ2v) is 4.27. The molecule has 0 spiro atoms. The summed E-state index contributed by atoms with van der Waals surface area (Å²) in [5.41, 5.74) is 1.72. The lowest BCUT2D eigenvalue weighted by Gasteiger charge is -2.15. The Bertz CT molecular complexity index is 127. The smallest absolute Gasteiger partial charge is 0.00313 e. The summed E-state index contributed by atoms with van der Waals surface area (Å²) >= 11 is 0. The number of rotatable bonds is 4. The van der Waals surface area contributed by atoms with E-state index in [1.807, 2.05) is 0 Å². The van der Waals surface area contributed by atoms with Crippen LogP contribution in [-0.2, 0) is 0 Å². The zero-order valence-corrected chi connectivity index (χ0v) is 9.19. The molecular weight excluding hydrogens is 136 g/mol. The minimum absolute atomic E-state index is 0.994. The molecule has 0 saturated heterocycles. The molecule has 0 fully saturated rings. The fourth-order valence-corrected chi connectivity index (χ4v) is 1.62. The van der Waals surface area contributed by atoms with Crippen molar-refractivity contribution in [3.05, 3.63) is 11.6 Å². The van der Waals surface area contributed by atoms with Crippen LogP contribution in [0.4, 0.5) is 0 Å². The lowest BCUT2D eigenvalue weighted by Crippen LogP contribution is -1.98. The van der Waals surface area contributed by atoms with Gasteiger partial charge < -0.3 is 0 Å². The minimum Gasteiger partial charge on any atom is -0.0850 e. The third-order valence-electron chi connectivity index (χ3n) is 2.55. The van der Waals surface area contributed by atoms with Crippen LogP contribution < -0.4 is 0 Å². The van der Waals surface area contributed by atoms with Gasteiger partial charge in [0.05, 0.1) is 0 Å². The first-order chi connectivity index (χ1) is 4.83. The van der Waals surface area contributed by atoms with E-state index >= 15 is 0 Å². The van der Waals surface area contributed by atoms with Gasteiger partial charge in [0.2, 0.25) is 0 Å². The third kappa shape index (κ3) is 2.29. The second-order valence-electron chi connectivity index (χ2n) is 3.45. The number of allylic oxidation sites excluding steroid dienone is 2. The molecular formula is C9H18Si. The van der Waals surface area contributed by atoms with Crippen molar-refractivity contribution in [1.82, 2.24) is 0 Å². The highest BCUT2D eigenvalue weighted by molar-refractivity contribution is 6.08. The minimum atomic E-state index is 0.994. The summed E-state index contributed by atoms with van der Waals surface area (Å²) in [4.78, 5) is 0. The molecule has 0 nitrogen and oxygen atoms in total. The molecule has 0 radical (unpaired) electrons. The fraction of sp³-hybridized carbons (Fsp3) is 0.778. The zero-order chi connectivity index (χ0) is 7.40. The van der Waals surface area contributed by atoms with Crippen molar-refractivity contribution in [1.29, 1.82) is 0 Å². The van der Waals surface area contributed by atoms with Gasteiger partial charge in [0.15, 0.2) is 0 Å². The predicted molar refractivity (Wildman–Crippen MR) is 50.5 cm³/mol. The van der Waals surface area contributed by atoms with Crippen molar-refractivity contribution in [3.8, 4) is 0 Å². The Morgan fingerprint density at radius 1 is 1.70 bits per heavy atom. The molecule has 1 aliphatic carbocycles. The van der Waals surface area contributed by atoms with Crippen LogP contribution in [-0.4, -0.2) is 10.2 Å². The van der Waals surface area contributed by atoms with Gasteiger partial charge in [0, 0.05) is 10.2 Å². The van der Waals surface area contributed by atoms with Crippen molar-refractivity contribution in [2.75, 3.05) is 0 Å². The van der Waals surface area contributed by atoms with Crippen LogP contribution in [0.25, 0.3) is 0 Å². The molecule has 1 rings (SSSR count). The molecule has 1 atom stereocenters. The molecule has 0 amide bonds. The highest BCUT2D eigenvalue weighted by atomic mass is 28.1. The normalized spacial score (nSPS) is 19.9. The summed E-state index contributed by atoms with van der Waals surface area (Å²) in [6, 6.07) is 1.48. The van der Waals surface area contributed by atoms with Crippen LogP contribution in [0.5, 0.6) is 0 Å². The Balaban J connectivity index is 2.04. The lowest BCUT2D eigenvalue weighted by molar-refractivity contribution is 0.568. The number of hydrogen-bond donors (Lipinski definition) is 0. The Morgan fingerprint density at radius 2 is 2.40 bits per heavy atom. The molecule has 0 aromatic carbocycles. The van der Waals surface area contributed by atoms with Gasteiger partial charge in [-0.25, -0.2) is 0 Å². The van der Waals surface area contributed by atoms with Crippen LogP contribution in [0.15, 0.2) is 11.6 Å². The van der Waals surface area contributed by atoms with Gasteiger partial charge in [-0.2, -0.15) is 0 Å². The maximum atomic E-state index is 2.40. The molecule has 1 unspecified atom stereocenters. The Kier molecular flexibility index (Phi) is 3.20. The first-order valence-electron chi connectivity index (χ1n) is 4.50. The van der Waals surface area contributed by atoms with E-state index < -0.39 is 0 Å². The molecule has 1 heteroatoms. The van der Waals surface area contributed by atoms with Gasteiger partial charge in [-0.15, -0.1) is 0 Å². The van der Waals surface area contributed by atoms with Gasteiger partial charge in [0.25, 0.3) is 0 Å². The van der Waals surface area contributed by atoms with Gasteiger partial charge in [-0.1, -0.05) is 24.6 Å². The predicted octanol–water partition coefficient (Wildman–Crippen LogP) is 1.91. The van der Waals surface area contributed by atoms with E-state index in [9.17, 15) is 0 Å². The quantitative estimate of drug-likeness (QED) is 0.428. The van der Waals surface area contributed by atoms with E-state index in [1.54, 1.807) is 5.57 Å². The summed E-state index contributed by atoms with van der Waals surface area (Å²) in [5, 5.41) is 0. The molecule has 0 aromatic rings. The maximum Gasteiger partial charge on any atom is 0.00313 e. The summed E-state index contributed by atoms with van der Waals surface area (Å²) in [6.45, 7) is 2.38. The fourth-order valence-electron chi connectivity index (χ4n) is 1.21. The molecule has 0 heterocycles. The Morgan fingerprint density at radius 3 is 2.80 bits per heavy atom. The van der Waals surface area contributed by atoms with Crippen LogP contribution in [0, 0.1) is 5.92 Å².